The summed E-state index contributed by atoms with van der Waals surface area (Å²) in [6.45, 7) is 2.64. The van der Waals surface area contributed by atoms with Gasteiger partial charge in [-0.05, 0) is 35.4 Å². The molecule has 3 nitrogen and oxygen atoms in total. The topological polar surface area (TPSA) is 30.5 Å². The van der Waals surface area contributed by atoms with Crippen molar-refractivity contribution in [2.75, 3.05) is 13.2 Å². The van der Waals surface area contributed by atoms with Gasteiger partial charge in [-0.1, -0.05) is 39.7 Å². The van der Waals surface area contributed by atoms with Gasteiger partial charge < -0.3 is 14.8 Å². The third-order valence-corrected chi connectivity index (χ3v) is 3.98. The molecule has 110 valence electrons. The Hall–Kier alpha value is -1.23. The molecule has 0 atom stereocenters. The Morgan fingerprint density at radius 2 is 1.86 bits per heavy atom. The monoisotopic (exact) mass is 367 g/mol. The summed E-state index contributed by atoms with van der Waals surface area (Å²) in [7, 11) is 0. The van der Waals surface area contributed by atoms with E-state index >= 15 is 0 Å². The van der Waals surface area contributed by atoms with Gasteiger partial charge in [0.2, 0.25) is 0 Å². The average molecular weight is 369 g/mol. The van der Waals surface area contributed by atoms with Crippen LogP contribution in [-0.2, 0) is 13.1 Å². The molecule has 1 aliphatic rings. The first-order valence-corrected chi connectivity index (χ1v) is 7.92. The van der Waals surface area contributed by atoms with Gasteiger partial charge in [-0.15, -0.1) is 0 Å². The van der Waals surface area contributed by atoms with Gasteiger partial charge in [0.15, 0.2) is 11.5 Å². The molecule has 0 aliphatic carbocycles. The highest BCUT2D eigenvalue weighted by Gasteiger charge is 2.16. The molecular weight excluding hydrogens is 354 g/mol. The van der Waals surface area contributed by atoms with Crippen LogP contribution in [0.1, 0.15) is 11.1 Å². The quantitative estimate of drug-likeness (QED) is 0.879. The van der Waals surface area contributed by atoms with Gasteiger partial charge in [0.25, 0.3) is 0 Å². The number of rotatable bonds is 4. The second kappa shape index (κ2) is 6.69. The maximum Gasteiger partial charge on any atom is 0.179 e. The van der Waals surface area contributed by atoms with E-state index in [0.29, 0.717) is 24.0 Å². The Morgan fingerprint density at radius 3 is 2.71 bits per heavy atom. The first-order valence-electron chi connectivity index (χ1n) is 6.75. The number of hydrogen-bond donors (Lipinski definition) is 1. The highest BCUT2D eigenvalue weighted by Crippen LogP contribution is 2.38. The van der Waals surface area contributed by atoms with Crippen molar-refractivity contribution >= 4 is 27.5 Å². The second-order valence-electron chi connectivity index (χ2n) is 4.84. The lowest BCUT2D eigenvalue weighted by Gasteiger charge is -2.20. The van der Waals surface area contributed by atoms with E-state index in [1.807, 2.05) is 24.3 Å². The van der Waals surface area contributed by atoms with Gasteiger partial charge in [0.05, 0.1) is 5.02 Å². The molecule has 0 fully saturated rings. The van der Waals surface area contributed by atoms with Crippen molar-refractivity contribution in [1.82, 2.24) is 5.32 Å². The average Bonchev–Trinajstić information content (AvgIpc) is 2.47. The number of hydrogen-bond acceptors (Lipinski definition) is 3. The molecule has 3 rings (SSSR count). The largest absolute Gasteiger partial charge is 0.486 e. The first kappa shape index (κ1) is 14.7. The third-order valence-electron chi connectivity index (χ3n) is 3.20. The SMILES string of the molecule is Clc1cc(CNCc2cccc(Br)c2)cc2c1OCCO2. The van der Waals surface area contributed by atoms with Crippen molar-refractivity contribution in [1.29, 1.82) is 0 Å². The highest BCUT2D eigenvalue weighted by molar-refractivity contribution is 9.10. The summed E-state index contributed by atoms with van der Waals surface area (Å²) in [6.07, 6.45) is 0. The minimum atomic E-state index is 0.549. The Morgan fingerprint density at radius 1 is 1.05 bits per heavy atom. The fourth-order valence-electron chi connectivity index (χ4n) is 2.26. The molecular formula is C16H15BrClNO2. The van der Waals surface area contributed by atoms with Crippen LogP contribution in [0.4, 0.5) is 0 Å². The van der Waals surface area contributed by atoms with Gasteiger partial charge in [0.1, 0.15) is 13.2 Å². The van der Waals surface area contributed by atoms with Crippen molar-refractivity contribution in [3.05, 3.63) is 57.0 Å². The summed E-state index contributed by atoms with van der Waals surface area (Å²) in [5.41, 5.74) is 2.31. The minimum Gasteiger partial charge on any atom is -0.486 e. The predicted molar refractivity (Wildman–Crippen MR) is 87.1 cm³/mol. The lowest BCUT2D eigenvalue weighted by molar-refractivity contribution is 0.171. The van der Waals surface area contributed by atoms with Crippen LogP contribution in [0.3, 0.4) is 0 Å². The van der Waals surface area contributed by atoms with E-state index in [1.54, 1.807) is 0 Å². The number of fused-ring (bicyclic) bond motifs is 1. The molecule has 21 heavy (non-hydrogen) atoms. The number of ether oxygens (including phenoxy) is 2. The maximum absolute atomic E-state index is 6.23. The Balaban J connectivity index is 1.64. The van der Waals surface area contributed by atoms with Crippen LogP contribution < -0.4 is 14.8 Å². The Bertz CT molecular complexity index is 648. The van der Waals surface area contributed by atoms with Gasteiger partial charge in [0, 0.05) is 17.6 Å². The number of halogens is 2. The molecule has 0 amide bonds. The normalized spacial score (nSPS) is 13.2. The van der Waals surface area contributed by atoms with Crippen molar-refractivity contribution in [3.8, 4) is 11.5 Å². The van der Waals surface area contributed by atoms with Crippen LogP contribution in [0.5, 0.6) is 11.5 Å². The molecule has 0 aromatic heterocycles. The molecule has 0 spiro atoms. The zero-order valence-electron chi connectivity index (χ0n) is 11.4. The molecule has 0 radical (unpaired) electrons. The van der Waals surface area contributed by atoms with Crippen molar-refractivity contribution in [3.63, 3.8) is 0 Å². The standard InChI is InChI=1S/C16H15BrClNO2/c17-13-3-1-2-11(6-13)9-19-10-12-7-14(18)16-15(8-12)20-4-5-21-16/h1-3,6-8,19H,4-5,9-10H2. The van der Waals surface area contributed by atoms with Crippen LogP contribution in [-0.4, -0.2) is 13.2 Å². The zero-order chi connectivity index (χ0) is 14.7. The minimum absolute atomic E-state index is 0.549. The molecule has 1 heterocycles. The van der Waals surface area contributed by atoms with Crippen LogP contribution in [0.2, 0.25) is 5.02 Å². The van der Waals surface area contributed by atoms with E-state index in [0.717, 1.165) is 28.9 Å². The van der Waals surface area contributed by atoms with Crippen molar-refractivity contribution in [2.45, 2.75) is 13.1 Å². The molecule has 5 heteroatoms. The van der Waals surface area contributed by atoms with E-state index in [-0.39, 0.29) is 0 Å². The summed E-state index contributed by atoms with van der Waals surface area (Å²) in [5, 5.41) is 4.01. The summed E-state index contributed by atoms with van der Waals surface area (Å²) in [5.74, 6) is 1.38. The number of benzene rings is 2. The molecule has 0 unspecified atom stereocenters. The summed E-state index contributed by atoms with van der Waals surface area (Å²) in [4.78, 5) is 0. The van der Waals surface area contributed by atoms with Crippen LogP contribution >= 0.6 is 27.5 Å². The lowest BCUT2D eigenvalue weighted by Crippen LogP contribution is -2.17. The molecule has 2 aromatic rings. The molecule has 0 saturated carbocycles. The maximum atomic E-state index is 6.23. The summed E-state index contributed by atoms with van der Waals surface area (Å²) < 4.78 is 12.2. The van der Waals surface area contributed by atoms with Gasteiger partial charge >= 0.3 is 0 Å². The van der Waals surface area contributed by atoms with Crippen LogP contribution in [0, 0.1) is 0 Å². The predicted octanol–water partition coefficient (Wildman–Crippen LogP) is 4.16. The van der Waals surface area contributed by atoms with Crippen LogP contribution in [0.15, 0.2) is 40.9 Å². The molecule has 1 N–H and O–H groups in total. The van der Waals surface area contributed by atoms with Gasteiger partial charge in [-0.25, -0.2) is 0 Å². The fraction of sp³-hybridized carbons (Fsp3) is 0.250. The van der Waals surface area contributed by atoms with E-state index in [2.05, 4.69) is 33.4 Å². The zero-order valence-corrected chi connectivity index (χ0v) is 13.7. The van der Waals surface area contributed by atoms with Gasteiger partial charge in [-0.2, -0.15) is 0 Å². The molecule has 1 aliphatic heterocycles. The second-order valence-corrected chi connectivity index (χ2v) is 6.16. The summed E-state index contributed by atoms with van der Waals surface area (Å²) >= 11 is 9.70. The summed E-state index contributed by atoms with van der Waals surface area (Å²) in [6, 6.07) is 12.1. The third kappa shape index (κ3) is 3.70. The van der Waals surface area contributed by atoms with E-state index in [1.165, 1.54) is 5.56 Å². The highest BCUT2D eigenvalue weighted by atomic mass is 79.9. The van der Waals surface area contributed by atoms with E-state index < -0.39 is 0 Å². The Kier molecular flexibility index (Phi) is 4.68. The van der Waals surface area contributed by atoms with Crippen LogP contribution in [0.25, 0.3) is 0 Å². The smallest absolute Gasteiger partial charge is 0.179 e. The Labute approximate surface area is 137 Å². The van der Waals surface area contributed by atoms with Crippen molar-refractivity contribution < 1.29 is 9.47 Å². The van der Waals surface area contributed by atoms with Crippen molar-refractivity contribution in [2.24, 2.45) is 0 Å². The van der Waals surface area contributed by atoms with E-state index in [9.17, 15) is 0 Å². The lowest BCUT2D eigenvalue weighted by atomic mass is 10.1. The number of nitrogens with one attached hydrogen (secondary N) is 1. The molecule has 0 saturated heterocycles. The molecule has 0 bridgehead atoms. The van der Waals surface area contributed by atoms with Gasteiger partial charge in [-0.3, -0.25) is 0 Å². The first-order chi connectivity index (χ1) is 10.2. The fourth-order valence-corrected chi connectivity index (χ4v) is 3.00. The molecule has 2 aromatic carbocycles. The van der Waals surface area contributed by atoms with E-state index in [4.69, 9.17) is 21.1 Å².